The van der Waals surface area contributed by atoms with Gasteiger partial charge in [0.05, 0.1) is 0 Å². The number of halogens is 1. The first-order chi connectivity index (χ1) is 12.1. The maximum atomic E-state index is 12.5. The molecule has 1 saturated heterocycles. The predicted octanol–water partition coefficient (Wildman–Crippen LogP) is 5.28. The second-order valence-electron chi connectivity index (χ2n) is 6.80. The first-order valence-electron chi connectivity index (χ1n) is 9.00. The molecule has 1 aliphatic heterocycles. The van der Waals surface area contributed by atoms with Crippen LogP contribution in [0.5, 0.6) is 0 Å². The number of likely N-dealkylation sites (tertiary alicyclic amines) is 1. The van der Waals surface area contributed by atoms with E-state index in [-0.39, 0.29) is 5.91 Å². The van der Waals surface area contributed by atoms with Crippen LogP contribution in [0.3, 0.4) is 0 Å². The van der Waals surface area contributed by atoms with Gasteiger partial charge in [0.25, 0.3) is 5.91 Å². The van der Waals surface area contributed by atoms with E-state index < -0.39 is 0 Å². The maximum absolute atomic E-state index is 12.5. The maximum Gasteiger partial charge on any atom is 0.255 e. The molecule has 2 aromatic carbocycles. The minimum Gasteiger partial charge on any atom is -0.322 e. The van der Waals surface area contributed by atoms with Crippen molar-refractivity contribution in [3.8, 4) is 0 Å². The summed E-state index contributed by atoms with van der Waals surface area (Å²) in [4.78, 5) is 15.0. The van der Waals surface area contributed by atoms with E-state index in [0.29, 0.717) is 10.6 Å². The summed E-state index contributed by atoms with van der Waals surface area (Å²) < 4.78 is 0. The lowest BCUT2D eigenvalue weighted by atomic mass is 10.1. The molecule has 1 fully saturated rings. The van der Waals surface area contributed by atoms with Crippen LogP contribution in [-0.4, -0.2) is 23.9 Å². The number of hydrogen-bond donors (Lipinski definition) is 1. The lowest BCUT2D eigenvalue weighted by Gasteiger charge is -2.19. The Morgan fingerprint density at radius 3 is 2.40 bits per heavy atom. The smallest absolute Gasteiger partial charge is 0.255 e. The summed E-state index contributed by atoms with van der Waals surface area (Å²) in [5.41, 5.74) is 3.68. The van der Waals surface area contributed by atoms with Gasteiger partial charge in [-0.15, -0.1) is 0 Å². The van der Waals surface area contributed by atoms with Crippen LogP contribution in [0.15, 0.2) is 42.5 Å². The van der Waals surface area contributed by atoms with Gasteiger partial charge in [0.1, 0.15) is 0 Å². The summed E-state index contributed by atoms with van der Waals surface area (Å²) in [7, 11) is 0. The number of hydrogen-bond acceptors (Lipinski definition) is 2. The van der Waals surface area contributed by atoms with Crippen molar-refractivity contribution >= 4 is 23.2 Å². The van der Waals surface area contributed by atoms with Gasteiger partial charge in [-0.05, 0) is 68.2 Å². The van der Waals surface area contributed by atoms with Crippen LogP contribution in [0.25, 0.3) is 0 Å². The standard InChI is InChI=1S/C21H25ClN2O/c1-16-6-11-19(22)14-20(16)23-21(25)18-9-7-17(8-10-18)15-24-12-4-2-3-5-13-24/h6-11,14H,2-5,12-13,15H2,1H3,(H,23,25). The van der Waals surface area contributed by atoms with Gasteiger partial charge in [-0.3, -0.25) is 9.69 Å². The molecule has 132 valence electrons. The molecule has 0 spiro atoms. The molecule has 0 radical (unpaired) electrons. The summed E-state index contributed by atoms with van der Waals surface area (Å²) in [6.07, 6.45) is 5.27. The number of amides is 1. The molecule has 1 aliphatic rings. The van der Waals surface area contributed by atoms with E-state index in [2.05, 4.69) is 22.3 Å². The van der Waals surface area contributed by atoms with E-state index in [4.69, 9.17) is 11.6 Å². The third-order valence-electron chi connectivity index (χ3n) is 4.77. The predicted molar refractivity (Wildman–Crippen MR) is 104 cm³/mol. The highest BCUT2D eigenvalue weighted by atomic mass is 35.5. The number of nitrogens with zero attached hydrogens (tertiary/aromatic N) is 1. The van der Waals surface area contributed by atoms with Crippen molar-refractivity contribution in [1.29, 1.82) is 0 Å². The molecule has 2 aromatic rings. The Labute approximate surface area is 155 Å². The zero-order chi connectivity index (χ0) is 17.6. The highest BCUT2D eigenvalue weighted by Crippen LogP contribution is 2.21. The van der Waals surface area contributed by atoms with Gasteiger partial charge in [-0.25, -0.2) is 0 Å². The Hall–Kier alpha value is -1.84. The van der Waals surface area contributed by atoms with Gasteiger partial charge in [0.15, 0.2) is 0 Å². The first kappa shape index (κ1) is 18.0. The second-order valence-corrected chi connectivity index (χ2v) is 7.24. The molecule has 3 rings (SSSR count). The van der Waals surface area contributed by atoms with Gasteiger partial charge in [0, 0.05) is 22.8 Å². The lowest BCUT2D eigenvalue weighted by molar-refractivity contribution is 0.102. The lowest BCUT2D eigenvalue weighted by Crippen LogP contribution is -2.24. The number of anilines is 1. The van der Waals surface area contributed by atoms with Crippen molar-refractivity contribution in [3.05, 3.63) is 64.2 Å². The van der Waals surface area contributed by atoms with Crippen molar-refractivity contribution < 1.29 is 4.79 Å². The van der Waals surface area contributed by atoms with Gasteiger partial charge in [-0.1, -0.05) is 42.6 Å². The molecule has 1 amide bonds. The third kappa shape index (κ3) is 5.07. The first-order valence-corrected chi connectivity index (χ1v) is 9.38. The highest BCUT2D eigenvalue weighted by molar-refractivity contribution is 6.31. The Morgan fingerprint density at radius 1 is 1.04 bits per heavy atom. The molecule has 3 nitrogen and oxygen atoms in total. The molecular weight excluding hydrogens is 332 g/mol. The second kappa shape index (κ2) is 8.50. The van der Waals surface area contributed by atoms with Crippen molar-refractivity contribution in [2.24, 2.45) is 0 Å². The molecule has 0 saturated carbocycles. The van der Waals surface area contributed by atoms with Crippen LogP contribution in [0.4, 0.5) is 5.69 Å². The minimum atomic E-state index is -0.105. The summed E-state index contributed by atoms with van der Waals surface area (Å²) in [6.45, 7) is 5.28. The van der Waals surface area contributed by atoms with E-state index in [1.54, 1.807) is 6.07 Å². The quantitative estimate of drug-likeness (QED) is 0.808. The summed E-state index contributed by atoms with van der Waals surface area (Å²) in [6, 6.07) is 13.4. The fourth-order valence-electron chi connectivity index (χ4n) is 3.24. The van der Waals surface area contributed by atoms with Crippen molar-refractivity contribution in [2.45, 2.75) is 39.2 Å². The average molecular weight is 357 g/mol. The minimum absolute atomic E-state index is 0.105. The van der Waals surface area contributed by atoms with Crippen LogP contribution in [-0.2, 0) is 6.54 Å². The van der Waals surface area contributed by atoms with Crippen LogP contribution >= 0.6 is 11.6 Å². The number of benzene rings is 2. The number of aryl methyl sites for hydroxylation is 1. The summed E-state index contributed by atoms with van der Waals surface area (Å²) >= 11 is 6.02. The molecule has 0 unspecified atom stereocenters. The Balaban J connectivity index is 1.63. The van der Waals surface area contributed by atoms with E-state index in [1.165, 1.54) is 44.3 Å². The Bertz CT molecular complexity index is 719. The number of nitrogens with one attached hydrogen (secondary N) is 1. The molecule has 4 heteroatoms. The largest absolute Gasteiger partial charge is 0.322 e. The molecule has 0 bridgehead atoms. The monoisotopic (exact) mass is 356 g/mol. The topological polar surface area (TPSA) is 32.3 Å². The summed E-state index contributed by atoms with van der Waals surface area (Å²) in [5, 5.41) is 3.56. The molecule has 1 N–H and O–H groups in total. The molecule has 1 heterocycles. The molecule has 0 aromatic heterocycles. The molecule has 0 aliphatic carbocycles. The zero-order valence-corrected chi connectivity index (χ0v) is 15.5. The van der Waals surface area contributed by atoms with Crippen LogP contribution in [0.1, 0.15) is 47.2 Å². The third-order valence-corrected chi connectivity index (χ3v) is 5.00. The average Bonchev–Trinajstić information content (AvgIpc) is 2.87. The van der Waals surface area contributed by atoms with Crippen molar-refractivity contribution in [1.82, 2.24) is 4.90 Å². The van der Waals surface area contributed by atoms with Gasteiger partial charge >= 0.3 is 0 Å². The highest BCUT2D eigenvalue weighted by Gasteiger charge is 2.11. The van der Waals surface area contributed by atoms with Crippen molar-refractivity contribution in [2.75, 3.05) is 18.4 Å². The number of carbonyl (C=O) groups excluding carboxylic acids is 1. The molecule has 25 heavy (non-hydrogen) atoms. The number of rotatable bonds is 4. The van der Waals surface area contributed by atoms with E-state index in [1.807, 2.05) is 31.2 Å². The van der Waals surface area contributed by atoms with Crippen LogP contribution in [0.2, 0.25) is 5.02 Å². The molecule has 0 atom stereocenters. The Morgan fingerprint density at radius 2 is 1.72 bits per heavy atom. The zero-order valence-electron chi connectivity index (χ0n) is 14.7. The van der Waals surface area contributed by atoms with E-state index in [9.17, 15) is 4.79 Å². The van der Waals surface area contributed by atoms with E-state index >= 15 is 0 Å². The van der Waals surface area contributed by atoms with Gasteiger partial charge < -0.3 is 5.32 Å². The SMILES string of the molecule is Cc1ccc(Cl)cc1NC(=O)c1ccc(CN2CCCCCC2)cc1. The van der Waals surface area contributed by atoms with Crippen LogP contribution in [0, 0.1) is 6.92 Å². The van der Waals surface area contributed by atoms with E-state index in [0.717, 1.165) is 17.8 Å². The molecular formula is C21H25ClN2O. The van der Waals surface area contributed by atoms with Crippen LogP contribution < -0.4 is 5.32 Å². The van der Waals surface area contributed by atoms with Crippen molar-refractivity contribution in [3.63, 3.8) is 0 Å². The Kier molecular flexibility index (Phi) is 6.11. The fourth-order valence-corrected chi connectivity index (χ4v) is 3.41. The normalized spacial score (nSPS) is 15.6. The van der Waals surface area contributed by atoms with Gasteiger partial charge in [0.2, 0.25) is 0 Å². The number of carbonyl (C=O) groups is 1. The van der Waals surface area contributed by atoms with Gasteiger partial charge in [-0.2, -0.15) is 0 Å². The summed E-state index contributed by atoms with van der Waals surface area (Å²) in [5.74, 6) is -0.105. The fraction of sp³-hybridized carbons (Fsp3) is 0.381.